The van der Waals surface area contributed by atoms with Gasteiger partial charge in [0.05, 0.1) is 13.2 Å². The summed E-state index contributed by atoms with van der Waals surface area (Å²) in [5.74, 6) is 1.65. The molecule has 0 bridgehead atoms. The molecule has 0 spiro atoms. The van der Waals surface area contributed by atoms with Gasteiger partial charge in [0.25, 0.3) is 0 Å². The van der Waals surface area contributed by atoms with Crippen molar-refractivity contribution in [2.75, 3.05) is 13.2 Å². The van der Waals surface area contributed by atoms with Crippen LogP contribution in [0.3, 0.4) is 0 Å². The van der Waals surface area contributed by atoms with E-state index in [1.807, 2.05) is 0 Å². The maximum absolute atomic E-state index is 5.37. The Kier molecular flexibility index (Phi) is 3.78. The molecule has 0 aliphatic carbocycles. The van der Waals surface area contributed by atoms with Gasteiger partial charge in [0.2, 0.25) is 0 Å². The lowest BCUT2D eigenvalue weighted by Crippen LogP contribution is -2.43. The SMILES string of the molecule is CC(C)CCC1(CC(C)C)COC1. The van der Waals surface area contributed by atoms with Crippen molar-refractivity contribution in [3.05, 3.63) is 0 Å². The van der Waals surface area contributed by atoms with E-state index in [1.54, 1.807) is 0 Å². The first-order valence-electron chi connectivity index (χ1n) is 5.62. The topological polar surface area (TPSA) is 9.23 Å². The van der Waals surface area contributed by atoms with E-state index in [-0.39, 0.29) is 0 Å². The molecule has 0 atom stereocenters. The molecule has 0 radical (unpaired) electrons. The molecule has 1 heterocycles. The van der Waals surface area contributed by atoms with E-state index in [0.717, 1.165) is 25.0 Å². The largest absolute Gasteiger partial charge is 0.380 e. The molecule has 1 aliphatic rings. The highest BCUT2D eigenvalue weighted by atomic mass is 16.5. The molecule has 0 N–H and O–H groups in total. The molecule has 0 aromatic carbocycles. The molecule has 0 amide bonds. The average molecular weight is 184 g/mol. The van der Waals surface area contributed by atoms with E-state index in [9.17, 15) is 0 Å². The molecular weight excluding hydrogens is 160 g/mol. The summed E-state index contributed by atoms with van der Waals surface area (Å²) in [7, 11) is 0. The van der Waals surface area contributed by atoms with E-state index >= 15 is 0 Å². The normalized spacial score (nSPS) is 20.8. The molecule has 1 nitrogen and oxygen atoms in total. The van der Waals surface area contributed by atoms with Crippen molar-refractivity contribution in [3.63, 3.8) is 0 Å². The van der Waals surface area contributed by atoms with Gasteiger partial charge in [-0.2, -0.15) is 0 Å². The van der Waals surface area contributed by atoms with Crippen molar-refractivity contribution in [3.8, 4) is 0 Å². The Morgan fingerprint density at radius 1 is 1.08 bits per heavy atom. The standard InChI is InChI=1S/C12H24O/c1-10(2)5-6-12(7-11(3)4)8-13-9-12/h10-11H,5-9H2,1-4H3. The van der Waals surface area contributed by atoms with Gasteiger partial charge in [-0.1, -0.05) is 34.1 Å². The van der Waals surface area contributed by atoms with Crippen LogP contribution in [0, 0.1) is 17.3 Å². The van der Waals surface area contributed by atoms with Gasteiger partial charge < -0.3 is 4.74 Å². The second-order valence-electron chi connectivity index (χ2n) is 5.52. The molecule has 1 rings (SSSR count). The Labute approximate surface area is 82.9 Å². The second-order valence-corrected chi connectivity index (χ2v) is 5.52. The van der Waals surface area contributed by atoms with Crippen LogP contribution in [0.1, 0.15) is 47.0 Å². The van der Waals surface area contributed by atoms with E-state index in [0.29, 0.717) is 5.41 Å². The minimum absolute atomic E-state index is 0.554. The van der Waals surface area contributed by atoms with Crippen LogP contribution in [0.15, 0.2) is 0 Å². The highest BCUT2D eigenvalue weighted by molar-refractivity contribution is 4.86. The van der Waals surface area contributed by atoms with Gasteiger partial charge in [-0.3, -0.25) is 0 Å². The average Bonchev–Trinajstić information content (AvgIpc) is 1.93. The summed E-state index contributed by atoms with van der Waals surface area (Å²) in [6.45, 7) is 11.3. The molecule has 13 heavy (non-hydrogen) atoms. The highest BCUT2D eigenvalue weighted by Crippen LogP contribution is 2.39. The zero-order valence-electron chi connectivity index (χ0n) is 9.60. The van der Waals surface area contributed by atoms with Gasteiger partial charge in [-0.05, 0) is 24.7 Å². The van der Waals surface area contributed by atoms with Crippen LogP contribution < -0.4 is 0 Å². The molecule has 1 fully saturated rings. The minimum Gasteiger partial charge on any atom is -0.380 e. The third kappa shape index (κ3) is 3.30. The molecule has 0 aromatic rings. The number of rotatable bonds is 5. The van der Waals surface area contributed by atoms with Crippen molar-refractivity contribution in [2.24, 2.45) is 17.3 Å². The van der Waals surface area contributed by atoms with E-state index < -0.39 is 0 Å². The lowest BCUT2D eigenvalue weighted by molar-refractivity contribution is -0.129. The molecule has 0 aromatic heterocycles. The van der Waals surface area contributed by atoms with Crippen LogP contribution in [0.2, 0.25) is 0 Å². The summed E-state index contributed by atoms with van der Waals surface area (Å²) < 4.78 is 5.37. The third-order valence-corrected chi connectivity index (χ3v) is 2.91. The van der Waals surface area contributed by atoms with Crippen molar-refractivity contribution >= 4 is 0 Å². The summed E-state index contributed by atoms with van der Waals surface area (Å²) in [6.07, 6.45) is 4.07. The van der Waals surface area contributed by atoms with Gasteiger partial charge >= 0.3 is 0 Å². The van der Waals surface area contributed by atoms with E-state index in [1.165, 1.54) is 19.3 Å². The van der Waals surface area contributed by atoms with Gasteiger partial charge in [-0.15, -0.1) is 0 Å². The fourth-order valence-corrected chi connectivity index (χ4v) is 2.22. The number of hydrogen-bond donors (Lipinski definition) is 0. The second kappa shape index (κ2) is 4.45. The van der Waals surface area contributed by atoms with Crippen LogP contribution >= 0.6 is 0 Å². The number of ether oxygens (including phenoxy) is 1. The Hall–Kier alpha value is -0.0400. The molecule has 78 valence electrons. The zero-order chi connectivity index (χ0) is 9.90. The van der Waals surface area contributed by atoms with Gasteiger partial charge in [0.15, 0.2) is 0 Å². The Morgan fingerprint density at radius 3 is 2.00 bits per heavy atom. The van der Waals surface area contributed by atoms with Crippen LogP contribution in [0.25, 0.3) is 0 Å². The first-order chi connectivity index (χ1) is 6.04. The lowest BCUT2D eigenvalue weighted by atomic mass is 9.74. The molecule has 1 saturated heterocycles. The minimum atomic E-state index is 0.554. The Bertz CT molecular complexity index is 145. The van der Waals surface area contributed by atoms with E-state index in [2.05, 4.69) is 27.7 Å². The smallest absolute Gasteiger partial charge is 0.0544 e. The highest BCUT2D eigenvalue weighted by Gasteiger charge is 2.38. The number of hydrogen-bond acceptors (Lipinski definition) is 1. The van der Waals surface area contributed by atoms with Gasteiger partial charge in [0, 0.05) is 5.41 Å². The maximum Gasteiger partial charge on any atom is 0.0544 e. The molecule has 0 unspecified atom stereocenters. The predicted octanol–water partition coefficient (Wildman–Crippen LogP) is 3.49. The first-order valence-corrected chi connectivity index (χ1v) is 5.62. The van der Waals surface area contributed by atoms with Crippen molar-refractivity contribution in [1.82, 2.24) is 0 Å². The fourth-order valence-electron chi connectivity index (χ4n) is 2.22. The molecule has 1 heteroatoms. The predicted molar refractivity (Wildman–Crippen MR) is 56.8 cm³/mol. The van der Waals surface area contributed by atoms with Crippen molar-refractivity contribution < 1.29 is 4.74 Å². The lowest BCUT2D eigenvalue weighted by Gasteiger charge is -2.43. The Balaban J connectivity index is 2.31. The van der Waals surface area contributed by atoms with Crippen LogP contribution in [-0.2, 0) is 4.74 Å². The summed E-state index contributed by atoms with van der Waals surface area (Å²) in [4.78, 5) is 0. The van der Waals surface area contributed by atoms with Crippen molar-refractivity contribution in [1.29, 1.82) is 0 Å². The fraction of sp³-hybridized carbons (Fsp3) is 1.00. The summed E-state index contributed by atoms with van der Waals surface area (Å²) in [5, 5.41) is 0. The molecule has 1 aliphatic heterocycles. The third-order valence-electron chi connectivity index (χ3n) is 2.91. The van der Waals surface area contributed by atoms with Gasteiger partial charge in [-0.25, -0.2) is 0 Å². The van der Waals surface area contributed by atoms with Crippen LogP contribution in [0.4, 0.5) is 0 Å². The van der Waals surface area contributed by atoms with Crippen LogP contribution in [-0.4, -0.2) is 13.2 Å². The van der Waals surface area contributed by atoms with Crippen molar-refractivity contribution in [2.45, 2.75) is 47.0 Å². The quantitative estimate of drug-likeness (QED) is 0.635. The van der Waals surface area contributed by atoms with Crippen LogP contribution in [0.5, 0.6) is 0 Å². The zero-order valence-corrected chi connectivity index (χ0v) is 9.60. The summed E-state index contributed by atoms with van der Waals surface area (Å²) in [5.41, 5.74) is 0.554. The Morgan fingerprint density at radius 2 is 1.69 bits per heavy atom. The first kappa shape index (κ1) is 11.0. The van der Waals surface area contributed by atoms with E-state index in [4.69, 9.17) is 4.74 Å². The molecule has 0 saturated carbocycles. The van der Waals surface area contributed by atoms with Gasteiger partial charge in [0.1, 0.15) is 0 Å². The monoisotopic (exact) mass is 184 g/mol. The summed E-state index contributed by atoms with van der Waals surface area (Å²) in [6, 6.07) is 0. The maximum atomic E-state index is 5.37. The summed E-state index contributed by atoms with van der Waals surface area (Å²) >= 11 is 0. The molecular formula is C12H24O.